The zero-order valence-corrected chi connectivity index (χ0v) is 16.6. The summed E-state index contributed by atoms with van der Waals surface area (Å²) >= 11 is 0. The maximum atomic E-state index is 11.7. The minimum absolute atomic E-state index is 0.0395. The number of alkyl carbamates (subject to hydrolysis) is 1. The fourth-order valence-electron chi connectivity index (χ4n) is 2.69. The quantitative estimate of drug-likeness (QED) is 0.733. The summed E-state index contributed by atoms with van der Waals surface area (Å²) in [5.41, 5.74) is 0.370. The van der Waals surface area contributed by atoms with Gasteiger partial charge in [-0.3, -0.25) is 0 Å². The molecular weight excluding hydrogens is 350 g/mol. The minimum Gasteiger partial charge on any atom is -0.493 e. The lowest BCUT2D eigenvalue weighted by Gasteiger charge is -2.20. The molecule has 1 amide bonds. The molecule has 0 aliphatic carbocycles. The van der Waals surface area contributed by atoms with E-state index in [1.807, 2.05) is 52.0 Å². The van der Waals surface area contributed by atoms with E-state index >= 15 is 0 Å². The molecule has 1 aliphatic rings. The topological polar surface area (TPSA) is 83.1 Å². The number of cyclic esters (lactones) is 1. The van der Waals surface area contributed by atoms with Gasteiger partial charge in [0.1, 0.15) is 17.5 Å². The summed E-state index contributed by atoms with van der Waals surface area (Å²) in [5.74, 6) is 0.417. The average molecular weight is 379 g/mol. The Morgan fingerprint density at radius 3 is 2.74 bits per heavy atom. The third-order valence-electron chi connectivity index (χ3n) is 4.14. The molecule has 1 saturated heterocycles. The molecule has 0 spiro atoms. The number of hydrogen-bond acceptors (Lipinski definition) is 6. The highest BCUT2D eigenvalue weighted by molar-refractivity contribution is 5.76. The van der Waals surface area contributed by atoms with E-state index in [1.54, 1.807) is 0 Å². The maximum absolute atomic E-state index is 11.7. The number of nitrogens with one attached hydrogen (secondary N) is 1. The van der Waals surface area contributed by atoms with Crippen molar-refractivity contribution >= 4 is 12.1 Å². The lowest BCUT2D eigenvalue weighted by Crippen LogP contribution is -2.32. The van der Waals surface area contributed by atoms with Crippen LogP contribution in [-0.2, 0) is 25.5 Å². The van der Waals surface area contributed by atoms with Crippen molar-refractivity contribution in [1.82, 2.24) is 5.32 Å². The number of amides is 1. The second-order valence-corrected chi connectivity index (χ2v) is 7.73. The third kappa shape index (κ3) is 6.75. The molecule has 0 aromatic heterocycles. The number of hydrogen-bond donors (Lipinski definition) is 1. The molecule has 0 bridgehead atoms. The van der Waals surface area contributed by atoms with Crippen LogP contribution >= 0.6 is 0 Å². The first-order chi connectivity index (χ1) is 12.7. The molecule has 1 N–H and O–H groups in total. The molecule has 1 fully saturated rings. The van der Waals surface area contributed by atoms with Crippen LogP contribution in [-0.4, -0.2) is 43.6 Å². The monoisotopic (exact) mass is 379 g/mol. The largest absolute Gasteiger partial charge is 0.493 e. The van der Waals surface area contributed by atoms with Crippen LogP contribution in [0.15, 0.2) is 24.3 Å². The molecular formula is C20H29NO6. The van der Waals surface area contributed by atoms with E-state index in [0.29, 0.717) is 25.3 Å². The molecule has 0 unspecified atom stereocenters. The summed E-state index contributed by atoms with van der Waals surface area (Å²) in [4.78, 5) is 23.4. The molecule has 2 rings (SSSR count). The van der Waals surface area contributed by atoms with Gasteiger partial charge in [-0.1, -0.05) is 19.1 Å². The molecule has 0 saturated carbocycles. The van der Waals surface area contributed by atoms with E-state index in [0.717, 1.165) is 5.56 Å². The van der Waals surface area contributed by atoms with Gasteiger partial charge < -0.3 is 24.3 Å². The first kappa shape index (κ1) is 21.0. The normalized spacial score (nSPS) is 20.7. The number of benzene rings is 1. The van der Waals surface area contributed by atoms with Crippen LogP contribution in [0.1, 0.15) is 39.7 Å². The SMILES string of the molecule is CO[C@@H]1C[C@@H]([C@@H](C)COc2cccc(CNC(=O)OC(C)(C)C)c2)OC1=O. The van der Waals surface area contributed by atoms with E-state index in [1.165, 1.54) is 7.11 Å². The van der Waals surface area contributed by atoms with Crippen LogP contribution in [0.4, 0.5) is 4.79 Å². The van der Waals surface area contributed by atoms with Gasteiger partial charge in [-0.25, -0.2) is 9.59 Å². The van der Waals surface area contributed by atoms with Gasteiger partial charge in [0.25, 0.3) is 0 Å². The Kier molecular flexibility index (Phi) is 7.07. The highest BCUT2D eigenvalue weighted by atomic mass is 16.6. The van der Waals surface area contributed by atoms with Crippen molar-refractivity contribution in [3.05, 3.63) is 29.8 Å². The predicted octanol–water partition coefficient (Wildman–Crippen LogP) is 3.06. The Hall–Kier alpha value is -2.28. The standard InChI is InChI=1S/C20H29NO6/c1-13(16-10-17(24-5)18(22)26-16)12-25-15-8-6-7-14(9-15)11-21-19(23)27-20(2,3)4/h6-9,13,16-17H,10-12H2,1-5H3,(H,21,23)/t13-,16-,17+/m0/s1. The Morgan fingerprint density at radius 1 is 1.37 bits per heavy atom. The zero-order chi connectivity index (χ0) is 20.0. The fraction of sp³-hybridized carbons (Fsp3) is 0.600. The smallest absolute Gasteiger partial charge is 0.407 e. The van der Waals surface area contributed by atoms with E-state index in [-0.39, 0.29) is 18.0 Å². The van der Waals surface area contributed by atoms with Gasteiger partial charge >= 0.3 is 12.1 Å². The third-order valence-corrected chi connectivity index (χ3v) is 4.14. The van der Waals surface area contributed by atoms with Crippen molar-refractivity contribution in [3.8, 4) is 5.75 Å². The molecule has 1 aromatic carbocycles. The number of methoxy groups -OCH3 is 1. The van der Waals surface area contributed by atoms with E-state index in [9.17, 15) is 9.59 Å². The minimum atomic E-state index is -0.531. The summed E-state index contributed by atoms with van der Waals surface area (Å²) in [6.45, 7) is 8.19. The summed E-state index contributed by atoms with van der Waals surface area (Å²) in [6, 6.07) is 7.48. The second-order valence-electron chi connectivity index (χ2n) is 7.73. The molecule has 0 radical (unpaired) electrons. The van der Waals surface area contributed by atoms with E-state index < -0.39 is 17.8 Å². The molecule has 27 heavy (non-hydrogen) atoms. The Morgan fingerprint density at radius 2 is 2.11 bits per heavy atom. The average Bonchev–Trinajstić information content (AvgIpc) is 2.98. The zero-order valence-electron chi connectivity index (χ0n) is 16.6. The molecule has 1 heterocycles. The van der Waals surface area contributed by atoms with Crippen LogP contribution in [0.2, 0.25) is 0 Å². The Labute approximate surface area is 160 Å². The van der Waals surface area contributed by atoms with Crippen molar-refractivity contribution in [2.75, 3.05) is 13.7 Å². The first-order valence-electron chi connectivity index (χ1n) is 9.10. The number of rotatable bonds is 7. The Balaban J connectivity index is 1.81. The summed E-state index contributed by atoms with van der Waals surface area (Å²) in [5, 5.41) is 2.72. The number of ether oxygens (including phenoxy) is 4. The van der Waals surface area contributed by atoms with E-state index in [2.05, 4.69) is 5.32 Å². The second kappa shape index (κ2) is 9.08. The Bertz CT molecular complexity index is 654. The molecule has 1 aromatic rings. The number of carbonyl (C=O) groups is 2. The van der Waals surface area contributed by atoms with Gasteiger partial charge in [0.05, 0.1) is 6.61 Å². The van der Waals surface area contributed by atoms with Crippen molar-refractivity contribution in [2.45, 2.75) is 58.5 Å². The lowest BCUT2D eigenvalue weighted by molar-refractivity contribution is -0.149. The fourth-order valence-corrected chi connectivity index (χ4v) is 2.69. The number of carbonyl (C=O) groups excluding carboxylic acids is 2. The van der Waals surface area contributed by atoms with Crippen LogP contribution < -0.4 is 10.1 Å². The molecule has 1 aliphatic heterocycles. The van der Waals surface area contributed by atoms with Crippen molar-refractivity contribution in [2.24, 2.45) is 5.92 Å². The summed E-state index contributed by atoms with van der Waals surface area (Å²) < 4.78 is 21.5. The molecule has 3 atom stereocenters. The van der Waals surface area contributed by atoms with Gasteiger partial charge in [0, 0.05) is 26.0 Å². The van der Waals surface area contributed by atoms with Crippen LogP contribution in [0.3, 0.4) is 0 Å². The van der Waals surface area contributed by atoms with Crippen molar-refractivity contribution < 1.29 is 28.5 Å². The van der Waals surface area contributed by atoms with Gasteiger partial charge in [-0.2, -0.15) is 0 Å². The van der Waals surface area contributed by atoms with Gasteiger partial charge in [-0.15, -0.1) is 0 Å². The van der Waals surface area contributed by atoms with Gasteiger partial charge in [-0.05, 0) is 38.5 Å². The highest BCUT2D eigenvalue weighted by Gasteiger charge is 2.37. The highest BCUT2D eigenvalue weighted by Crippen LogP contribution is 2.24. The van der Waals surface area contributed by atoms with Crippen LogP contribution in [0, 0.1) is 5.92 Å². The van der Waals surface area contributed by atoms with Crippen LogP contribution in [0.5, 0.6) is 5.75 Å². The van der Waals surface area contributed by atoms with Crippen molar-refractivity contribution in [3.63, 3.8) is 0 Å². The van der Waals surface area contributed by atoms with Gasteiger partial charge in [0.15, 0.2) is 6.10 Å². The predicted molar refractivity (Wildman–Crippen MR) is 99.5 cm³/mol. The molecule has 7 nitrogen and oxygen atoms in total. The maximum Gasteiger partial charge on any atom is 0.407 e. The lowest BCUT2D eigenvalue weighted by atomic mass is 10.0. The van der Waals surface area contributed by atoms with Crippen molar-refractivity contribution in [1.29, 1.82) is 0 Å². The first-order valence-corrected chi connectivity index (χ1v) is 9.10. The van der Waals surface area contributed by atoms with Gasteiger partial charge in [0.2, 0.25) is 0 Å². The molecule has 150 valence electrons. The molecule has 7 heteroatoms. The number of esters is 1. The summed E-state index contributed by atoms with van der Waals surface area (Å²) in [7, 11) is 1.51. The van der Waals surface area contributed by atoms with E-state index in [4.69, 9.17) is 18.9 Å². The van der Waals surface area contributed by atoms with Crippen LogP contribution in [0.25, 0.3) is 0 Å². The summed E-state index contributed by atoms with van der Waals surface area (Å²) in [6.07, 6.45) is -0.614.